The summed E-state index contributed by atoms with van der Waals surface area (Å²) < 4.78 is 14.0. The van der Waals surface area contributed by atoms with Crippen molar-refractivity contribution in [2.45, 2.75) is 57.8 Å². The Morgan fingerprint density at radius 1 is 1.21 bits per heavy atom. The number of rotatable bonds is 4. The summed E-state index contributed by atoms with van der Waals surface area (Å²) in [5, 5.41) is 12.3. The van der Waals surface area contributed by atoms with Gasteiger partial charge in [0, 0.05) is 43.1 Å². The Balaban J connectivity index is 1.27. The van der Waals surface area contributed by atoms with Crippen LogP contribution in [0.5, 0.6) is 11.5 Å². The number of hydrogen-bond acceptors (Lipinski definition) is 6. The average molecular weight is 383 g/mol. The highest BCUT2D eigenvalue weighted by Gasteiger charge is 2.29. The van der Waals surface area contributed by atoms with Crippen LogP contribution in [0.4, 0.5) is 0 Å². The lowest BCUT2D eigenvalue weighted by Crippen LogP contribution is -2.34. The van der Waals surface area contributed by atoms with E-state index in [2.05, 4.69) is 44.0 Å². The molecule has 1 saturated heterocycles. The van der Waals surface area contributed by atoms with Gasteiger partial charge in [-0.15, -0.1) is 10.2 Å². The maximum atomic E-state index is 6.11. The summed E-state index contributed by atoms with van der Waals surface area (Å²) in [5.74, 6) is 4.81. The number of hydrogen-bond donors (Lipinski definition) is 1. The number of methoxy groups -OCH3 is 1. The second-order valence-electron chi connectivity index (χ2n) is 8.26. The highest BCUT2D eigenvalue weighted by Crippen LogP contribution is 2.37. The third-order valence-corrected chi connectivity index (χ3v) is 6.28. The predicted octanol–water partition coefficient (Wildman–Crippen LogP) is 2.09. The Hall–Kier alpha value is -2.12. The molecule has 3 aliphatic rings. The Morgan fingerprint density at radius 3 is 2.89 bits per heavy atom. The van der Waals surface area contributed by atoms with E-state index in [1.165, 1.54) is 17.0 Å². The van der Waals surface area contributed by atoms with Crippen molar-refractivity contribution in [1.29, 1.82) is 0 Å². The van der Waals surface area contributed by atoms with E-state index in [1.54, 1.807) is 7.11 Å². The van der Waals surface area contributed by atoms with Gasteiger partial charge in [-0.05, 0) is 45.0 Å². The molecule has 1 fully saturated rings. The lowest BCUT2D eigenvalue weighted by Gasteiger charge is -2.32. The van der Waals surface area contributed by atoms with Crippen LogP contribution in [0.25, 0.3) is 0 Å². The van der Waals surface area contributed by atoms with Crippen molar-refractivity contribution in [3.63, 3.8) is 0 Å². The summed E-state index contributed by atoms with van der Waals surface area (Å²) in [6, 6.07) is 4.27. The molecule has 1 unspecified atom stereocenters. The molecule has 1 N–H and O–H groups in total. The van der Waals surface area contributed by atoms with E-state index in [0.717, 1.165) is 75.9 Å². The first kappa shape index (κ1) is 17.9. The van der Waals surface area contributed by atoms with Crippen LogP contribution in [0.3, 0.4) is 0 Å². The average Bonchev–Trinajstić information content (AvgIpc) is 3.31. The number of benzene rings is 1. The predicted molar refractivity (Wildman–Crippen MR) is 106 cm³/mol. The van der Waals surface area contributed by atoms with Gasteiger partial charge in [-0.3, -0.25) is 4.90 Å². The third-order valence-electron chi connectivity index (χ3n) is 6.28. The molecule has 1 aromatic heterocycles. The van der Waals surface area contributed by atoms with Crippen molar-refractivity contribution < 1.29 is 9.47 Å². The normalized spacial score (nSPS) is 22.6. The van der Waals surface area contributed by atoms with E-state index in [1.807, 2.05) is 0 Å². The van der Waals surface area contributed by atoms with Gasteiger partial charge in [0.1, 0.15) is 29.3 Å². The second kappa shape index (κ2) is 7.37. The number of fused-ring (bicyclic) bond motifs is 2. The summed E-state index contributed by atoms with van der Waals surface area (Å²) in [5.41, 5.74) is 2.53. The molecule has 3 aliphatic heterocycles. The second-order valence-corrected chi connectivity index (χ2v) is 8.26. The van der Waals surface area contributed by atoms with E-state index < -0.39 is 0 Å². The first-order valence-corrected chi connectivity index (χ1v) is 10.4. The number of piperidine rings is 1. The molecule has 150 valence electrons. The van der Waals surface area contributed by atoms with Crippen LogP contribution in [0, 0.1) is 0 Å². The highest BCUT2D eigenvalue weighted by atomic mass is 16.5. The molecule has 1 aromatic carbocycles. The van der Waals surface area contributed by atoms with Gasteiger partial charge in [0.15, 0.2) is 0 Å². The topological polar surface area (TPSA) is 64.4 Å². The lowest BCUT2D eigenvalue weighted by atomic mass is 9.95. The van der Waals surface area contributed by atoms with Gasteiger partial charge >= 0.3 is 0 Å². The van der Waals surface area contributed by atoms with E-state index in [-0.39, 0.29) is 6.10 Å². The van der Waals surface area contributed by atoms with E-state index in [0.29, 0.717) is 5.92 Å². The van der Waals surface area contributed by atoms with Gasteiger partial charge in [-0.1, -0.05) is 0 Å². The molecule has 0 spiro atoms. The van der Waals surface area contributed by atoms with Crippen molar-refractivity contribution in [2.75, 3.05) is 26.7 Å². The first-order valence-electron chi connectivity index (χ1n) is 10.4. The van der Waals surface area contributed by atoms with Crippen molar-refractivity contribution in [2.24, 2.45) is 0 Å². The first-order chi connectivity index (χ1) is 13.7. The quantitative estimate of drug-likeness (QED) is 0.872. The van der Waals surface area contributed by atoms with Crippen molar-refractivity contribution in [3.05, 3.63) is 34.9 Å². The summed E-state index contributed by atoms with van der Waals surface area (Å²) in [4.78, 5) is 2.53. The number of nitrogens with one attached hydrogen (secondary N) is 1. The molecule has 5 rings (SSSR count). The van der Waals surface area contributed by atoms with E-state index >= 15 is 0 Å². The molecule has 1 atom stereocenters. The molecule has 0 saturated carbocycles. The minimum atomic E-state index is 0.250. The summed E-state index contributed by atoms with van der Waals surface area (Å²) in [6.07, 6.45) is 3.48. The summed E-state index contributed by atoms with van der Waals surface area (Å²) >= 11 is 0. The van der Waals surface area contributed by atoms with Crippen molar-refractivity contribution in [1.82, 2.24) is 25.0 Å². The Kier molecular flexibility index (Phi) is 4.72. The number of aromatic nitrogens is 3. The highest BCUT2D eigenvalue weighted by molar-refractivity contribution is 5.49. The summed E-state index contributed by atoms with van der Waals surface area (Å²) in [6.45, 7) is 8.04. The Labute approximate surface area is 166 Å². The molecule has 0 amide bonds. The maximum absolute atomic E-state index is 6.11. The Bertz CT molecular complexity index is 857. The molecule has 28 heavy (non-hydrogen) atoms. The smallest absolute Gasteiger partial charge is 0.147 e. The largest absolute Gasteiger partial charge is 0.497 e. The van der Waals surface area contributed by atoms with Crippen molar-refractivity contribution in [3.8, 4) is 11.5 Å². The van der Waals surface area contributed by atoms with Crippen LogP contribution in [-0.2, 0) is 26.1 Å². The zero-order valence-electron chi connectivity index (χ0n) is 16.8. The van der Waals surface area contributed by atoms with Crippen molar-refractivity contribution >= 4 is 0 Å². The standard InChI is InChI=1S/C21H29N5O2/c1-14-9-16-10-18(27-2)11-17(20(16)28-14)13-25-6-3-15(4-7-25)21-24-23-19-12-22-5-8-26(19)21/h10-11,14-15,22H,3-9,12-13H2,1-2H3. The van der Waals surface area contributed by atoms with Crippen LogP contribution in [0.1, 0.15) is 48.5 Å². The van der Waals surface area contributed by atoms with E-state index in [4.69, 9.17) is 9.47 Å². The maximum Gasteiger partial charge on any atom is 0.147 e. The minimum Gasteiger partial charge on any atom is -0.497 e. The SMILES string of the molecule is COc1cc2c(c(CN3CCC(c4nnc5n4CCNC5)CC3)c1)OC(C)C2. The fourth-order valence-corrected chi connectivity index (χ4v) is 4.82. The molecular formula is C21H29N5O2. The van der Waals surface area contributed by atoms with Crippen LogP contribution < -0.4 is 14.8 Å². The van der Waals surface area contributed by atoms with Crippen LogP contribution in [0.2, 0.25) is 0 Å². The molecule has 0 radical (unpaired) electrons. The zero-order valence-corrected chi connectivity index (χ0v) is 16.8. The summed E-state index contributed by atoms with van der Waals surface area (Å²) in [7, 11) is 1.74. The number of ether oxygens (including phenoxy) is 2. The van der Waals surface area contributed by atoms with Gasteiger partial charge in [0.2, 0.25) is 0 Å². The third kappa shape index (κ3) is 3.26. The molecule has 0 bridgehead atoms. The molecule has 0 aliphatic carbocycles. The van der Waals surface area contributed by atoms with Crippen LogP contribution in [0.15, 0.2) is 12.1 Å². The van der Waals surface area contributed by atoms with Gasteiger partial charge in [0.25, 0.3) is 0 Å². The molecular weight excluding hydrogens is 354 g/mol. The van der Waals surface area contributed by atoms with Crippen LogP contribution >= 0.6 is 0 Å². The van der Waals surface area contributed by atoms with Crippen LogP contribution in [-0.4, -0.2) is 52.5 Å². The zero-order chi connectivity index (χ0) is 19.1. The van der Waals surface area contributed by atoms with Gasteiger partial charge in [0.05, 0.1) is 13.7 Å². The lowest BCUT2D eigenvalue weighted by molar-refractivity contribution is 0.193. The van der Waals surface area contributed by atoms with Gasteiger partial charge in [-0.25, -0.2) is 0 Å². The number of likely N-dealkylation sites (tertiary alicyclic amines) is 1. The molecule has 4 heterocycles. The van der Waals surface area contributed by atoms with Gasteiger partial charge in [-0.2, -0.15) is 0 Å². The fourth-order valence-electron chi connectivity index (χ4n) is 4.82. The number of nitrogens with zero attached hydrogens (tertiary/aromatic N) is 4. The Morgan fingerprint density at radius 2 is 2.07 bits per heavy atom. The molecule has 2 aromatic rings. The van der Waals surface area contributed by atoms with E-state index in [9.17, 15) is 0 Å². The fraction of sp³-hybridized carbons (Fsp3) is 0.619. The molecule has 7 nitrogen and oxygen atoms in total. The minimum absolute atomic E-state index is 0.250. The monoisotopic (exact) mass is 383 g/mol. The van der Waals surface area contributed by atoms with Gasteiger partial charge < -0.3 is 19.4 Å². The molecule has 7 heteroatoms.